The lowest BCUT2D eigenvalue weighted by Gasteiger charge is -2.40. The van der Waals surface area contributed by atoms with Gasteiger partial charge in [-0.3, -0.25) is 0 Å². The Labute approximate surface area is 130 Å². The molecule has 1 saturated carbocycles. The first-order valence-electron chi connectivity index (χ1n) is 8.68. The number of hydrogen-bond donors (Lipinski definition) is 1. The maximum absolute atomic E-state index is 12.1. The molecule has 21 heavy (non-hydrogen) atoms. The Morgan fingerprint density at radius 1 is 1.05 bits per heavy atom. The van der Waals surface area contributed by atoms with E-state index in [1.54, 1.807) is 4.31 Å². The Bertz CT molecular complexity index is 406. The van der Waals surface area contributed by atoms with E-state index in [0.717, 1.165) is 24.7 Å². The molecule has 1 saturated heterocycles. The van der Waals surface area contributed by atoms with Crippen LogP contribution < -0.4 is 5.32 Å². The molecule has 2 atom stereocenters. The van der Waals surface area contributed by atoms with Crippen LogP contribution in [-0.2, 0) is 10.0 Å². The van der Waals surface area contributed by atoms with Crippen LogP contribution in [0.2, 0.25) is 0 Å². The van der Waals surface area contributed by atoms with E-state index in [2.05, 4.69) is 19.2 Å². The van der Waals surface area contributed by atoms with E-state index in [1.165, 1.54) is 19.3 Å². The smallest absolute Gasteiger partial charge is 0.214 e. The molecule has 1 aliphatic heterocycles. The van der Waals surface area contributed by atoms with Gasteiger partial charge in [-0.1, -0.05) is 27.2 Å². The molecular formula is C16H32N2O2S. The molecule has 2 unspecified atom stereocenters. The summed E-state index contributed by atoms with van der Waals surface area (Å²) in [5.41, 5.74) is 0. The third kappa shape index (κ3) is 4.42. The van der Waals surface area contributed by atoms with E-state index in [9.17, 15) is 8.42 Å². The molecule has 0 aromatic carbocycles. The van der Waals surface area contributed by atoms with Gasteiger partial charge >= 0.3 is 0 Å². The maximum atomic E-state index is 12.1. The van der Waals surface area contributed by atoms with E-state index >= 15 is 0 Å². The number of rotatable bonds is 5. The SMILES string of the molecule is CCCS(=O)(=O)N1CCC(NC2C(C)CCCC2C)CC1. The summed E-state index contributed by atoms with van der Waals surface area (Å²) in [4.78, 5) is 0. The molecule has 0 bridgehead atoms. The number of piperidine rings is 1. The van der Waals surface area contributed by atoms with Gasteiger partial charge in [0.25, 0.3) is 0 Å². The van der Waals surface area contributed by atoms with Crippen LogP contribution in [0, 0.1) is 11.8 Å². The molecule has 5 heteroatoms. The number of sulfonamides is 1. The number of hydrogen-bond acceptors (Lipinski definition) is 3. The lowest BCUT2D eigenvalue weighted by Crippen LogP contribution is -2.52. The highest BCUT2D eigenvalue weighted by Crippen LogP contribution is 2.30. The molecule has 2 fully saturated rings. The van der Waals surface area contributed by atoms with Crippen molar-refractivity contribution in [3.8, 4) is 0 Å². The summed E-state index contributed by atoms with van der Waals surface area (Å²) >= 11 is 0. The summed E-state index contributed by atoms with van der Waals surface area (Å²) in [7, 11) is -3.01. The second-order valence-electron chi connectivity index (χ2n) is 7.07. The molecule has 0 radical (unpaired) electrons. The Kier molecular flexibility index (Phi) is 6.09. The zero-order chi connectivity index (χ0) is 15.5. The average molecular weight is 317 g/mol. The lowest BCUT2D eigenvalue weighted by atomic mass is 9.78. The van der Waals surface area contributed by atoms with Crippen LogP contribution in [0.15, 0.2) is 0 Å². The van der Waals surface area contributed by atoms with Crippen molar-refractivity contribution in [2.45, 2.75) is 71.4 Å². The van der Waals surface area contributed by atoms with Gasteiger partial charge in [0.2, 0.25) is 10.0 Å². The highest BCUT2D eigenvalue weighted by atomic mass is 32.2. The summed E-state index contributed by atoms with van der Waals surface area (Å²) in [6.07, 6.45) is 6.63. The van der Waals surface area contributed by atoms with Crippen LogP contribution in [0.1, 0.15) is 59.3 Å². The van der Waals surface area contributed by atoms with Crippen molar-refractivity contribution < 1.29 is 8.42 Å². The molecule has 0 aromatic rings. The fourth-order valence-electron chi connectivity index (χ4n) is 3.97. The van der Waals surface area contributed by atoms with E-state index in [1.807, 2.05) is 6.92 Å². The van der Waals surface area contributed by atoms with Gasteiger partial charge in [0.05, 0.1) is 5.75 Å². The fraction of sp³-hybridized carbons (Fsp3) is 1.00. The highest BCUT2D eigenvalue weighted by Gasteiger charge is 2.32. The largest absolute Gasteiger partial charge is 0.311 e. The van der Waals surface area contributed by atoms with Crippen molar-refractivity contribution in [1.82, 2.24) is 9.62 Å². The summed E-state index contributed by atoms with van der Waals surface area (Å²) in [6, 6.07) is 1.11. The van der Waals surface area contributed by atoms with Gasteiger partial charge < -0.3 is 5.32 Å². The van der Waals surface area contributed by atoms with Crippen molar-refractivity contribution in [2.24, 2.45) is 11.8 Å². The zero-order valence-corrected chi connectivity index (χ0v) is 14.7. The standard InChI is InChI=1S/C16H32N2O2S/c1-4-12-21(19,20)18-10-8-15(9-11-18)17-16-13(2)6-5-7-14(16)3/h13-17H,4-12H2,1-3H3. The third-order valence-corrected chi connectivity index (χ3v) is 7.36. The van der Waals surface area contributed by atoms with E-state index in [4.69, 9.17) is 0 Å². The molecule has 1 heterocycles. The third-order valence-electron chi connectivity index (χ3n) is 5.28. The minimum absolute atomic E-state index is 0.293. The molecule has 1 N–H and O–H groups in total. The maximum Gasteiger partial charge on any atom is 0.214 e. The second kappa shape index (κ2) is 7.42. The molecule has 124 valence electrons. The lowest BCUT2D eigenvalue weighted by molar-refractivity contribution is 0.171. The number of nitrogens with zero attached hydrogens (tertiary/aromatic N) is 1. The minimum atomic E-state index is -3.01. The molecule has 2 aliphatic rings. The Hall–Kier alpha value is -0.130. The van der Waals surface area contributed by atoms with E-state index in [-0.39, 0.29) is 0 Å². The van der Waals surface area contributed by atoms with Gasteiger partial charge in [-0.15, -0.1) is 0 Å². The highest BCUT2D eigenvalue weighted by molar-refractivity contribution is 7.89. The van der Waals surface area contributed by atoms with Crippen LogP contribution in [0.4, 0.5) is 0 Å². The predicted molar refractivity (Wildman–Crippen MR) is 87.8 cm³/mol. The van der Waals surface area contributed by atoms with Crippen LogP contribution in [-0.4, -0.2) is 43.6 Å². The van der Waals surface area contributed by atoms with Gasteiger partial charge in [0, 0.05) is 25.2 Å². The Balaban J connectivity index is 1.84. The van der Waals surface area contributed by atoms with Gasteiger partial charge in [-0.25, -0.2) is 12.7 Å². The first-order chi connectivity index (χ1) is 9.94. The normalized spacial score (nSPS) is 33.2. The monoisotopic (exact) mass is 316 g/mol. The second-order valence-corrected chi connectivity index (χ2v) is 9.16. The van der Waals surface area contributed by atoms with Gasteiger partial charge in [-0.2, -0.15) is 0 Å². The zero-order valence-electron chi connectivity index (χ0n) is 13.8. The first kappa shape index (κ1) is 17.2. The van der Waals surface area contributed by atoms with Crippen LogP contribution in [0.5, 0.6) is 0 Å². The van der Waals surface area contributed by atoms with Crippen LogP contribution in [0.3, 0.4) is 0 Å². The molecule has 0 aromatic heterocycles. The predicted octanol–water partition coefficient (Wildman–Crippen LogP) is 2.60. The van der Waals surface area contributed by atoms with Gasteiger partial charge in [-0.05, 0) is 43.9 Å². The summed E-state index contributed by atoms with van der Waals surface area (Å²) < 4.78 is 25.9. The van der Waals surface area contributed by atoms with Gasteiger partial charge in [0.15, 0.2) is 0 Å². The molecular weight excluding hydrogens is 284 g/mol. The quantitative estimate of drug-likeness (QED) is 0.848. The van der Waals surface area contributed by atoms with Crippen molar-refractivity contribution in [1.29, 1.82) is 0 Å². The topological polar surface area (TPSA) is 49.4 Å². The van der Waals surface area contributed by atoms with E-state index in [0.29, 0.717) is 37.3 Å². The fourth-order valence-corrected chi connectivity index (χ4v) is 5.51. The molecule has 4 nitrogen and oxygen atoms in total. The van der Waals surface area contributed by atoms with E-state index < -0.39 is 10.0 Å². The summed E-state index contributed by atoms with van der Waals surface area (Å²) in [6.45, 7) is 8.02. The number of nitrogens with one attached hydrogen (secondary N) is 1. The van der Waals surface area contributed by atoms with Crippen molar-refractivity contribution in [3.63, 3.8) is 0 Å². The Morgan fingerprint density at radius 2 is 1.62 bits per heavy atom. The van der Waals surface area contributed by atoms with Crippen LogP contribution >= 0.6 is 0 Å². The molecule has 0 spiro atoms. The molecule has 0 amide bonds. The van der Waals surface area contributed by atoms with Crippen molar-refractivity contribution in [2.75, 3.05) is 18.8 Å². The van der Waals surface area contributed by atoms with Crippen LogP contribution in [0.25, 0.3) is 0 Å². The molecule has 1 aliphatic carbocycles. The first-order valence-corrected chi connectivity index (χ1v) is 10.3. The van der Waals surface area contributed by atoms with Crippen molar-refractivity contribution >= 4 is 10.0 Å². The summed E-state index contributed by atoms with van der Waals surface area (Å²) in [5, 5.41) is 3.84. The summed E-state index contributed by atoms with van der Waals surface area (Å²) in [5.74, 6) is 1.79. The average Bonchev–Trinajstić information content (AvgIpc) is 2.43. The minimum Gasteiger partial charge on any atom is -0.311 e. The van der Waals surface area contributed by atoms with Gasteiger partial charge in [0.1, 0.15) is 0 Å². The van der Waals surface area contributed by atoms with Crippen molar-refractivity contribution in [3.05, 3.63) is 0 Å². The Morgan fingerprint density at radius 3 is 2.14 bits per heavy atom. The molecule has 2 rings (SSSR count).